The Kier molecular flexibility index (Phi) is 5.15. The second-order valence-corrected chi connectivity index (χ2v) is 4.80. The van der Waals surface area contributed by atoms with E-state index in [1.54, 1.807) is 6.33 Å². The molecule has 1 aromatic heterocycles. The van der Waals surface area contributed by atoms with Crippen LogP contribution in [0.25, 0.3) is 0 Å². The second kappa shape index (κ2) is 6.39. The topological polar surface area (TPSA) is 69.8 Å². The minimum atomic E-state index is -0.235. The van der Waals surface area contributed by atoms with Gasteiger partial charge in [-0.25, -0.2) is 4.98 Å². The fourth-order valence-corrected chi connectivity index (χ4v) is 1.63. The third-order valence-corrected chi connectivity index (χ3v) is 2.25. The monoisotopic (exact) mass is 238 g/mol. The Morgan fingerprint density at radius 2 is 2.06 bits per heavy atom. The Morgan fingerprint density at radius 3 is 2.53 bits per heavy atom. The number of aromatic nitrogens is 2. The van der Waals surface area contributed by atoms with Crippen LogP contribution in [0, 0.1) is 0 Å². The molecule has 1 atom stereocenters. The lowest BCUT2D eigenvalue weighted by Crippen LogP contribution is -2.49. The molecule has 1 rings (SSSR count). The summed E-state index contributed by atoms with van der Waals surface area (Å²) in [6, 6.07) is 0.177. The predicted octanol–water partition coefficient (Wildman–Crippen LogP) is 0.843. The maximum Gasteiger partial charge on any atom is 0.237 e. The van der Waals surface area contributed by atoms with Crippen molar-refractivity contribution in [2.45, 2.75) is 52.2 Å². The van der Waals surface area contributed by atoms with Gasteiger partial charge in [0.05, 0.1) is 18.1 Å². The largest absolute Gasteiger partial charge is 0.353 e. The Hall–Kier alpha value is -1.36. The molecule has 0 aliphatic rings. The number of amides is 1. The lowest BCUT2D eigenvalue weighted by Gasteiger charge is -2.21. The normalized spacial score (nSPS) is 13.1. The summed E-state index contributed by atoms with van der Waals surface area (Å²) in [5.41, 5.74) is 0.891. The van der Waals surface area contributed by atoms with E-state index in [2.05, 4.69) is 20.6 Å². The number of hydrogen-bond acceptors (Lipinski definition) is 3. The second-order valence-electron chi connectivity index (χ2n) is 4.80. The van der Waals surface area contributed by atoms with E-state index in [0.717, 1.165) is 5.69 Å². The first-order valence-corrected chi connectivity index (χ1v) is 6.03. The number of carbonyl (C=O) groups is 1. The molecule has 5 heteroatoms. The molecular weight excluding hydrogens is 216 g/mol. The van der Waals surface area contributed by atoms with Gasteiger partial charge in [-0.1, -0.05) is 13.8 Å². The van der Waals surface area contributed by atoms with E-state index in [-0.39, 0.29) is 24.0 Å². The zero-order valence-corrected chi connectivity index (χ0v) is 10.9. The van der Waals surface area contributed by atoms with Gasteiger partial charge in [-0.3, -0.25) is 4.79 Å². The minimum Gasteiger partial charge on any atom is -0.353 e. The smallest absolute Gasteiger partial charge is 0.237 e. The van der Waals surface area contributed by atoms with Crippen molar-refractivity contribution in [2.24, 2.45) is 0 Å². The van der Waals surface area contributed by atoms with Gasteiger partial charge in [0.2, 0.25) is 5.91 Å². The summed E-state index contributed by atoms with van der Waals surface area (Å²) in [5.74, 6) is 0.0247. The number of nitrogens with zero attached hydrogens (tertiary/aromatic N) is 1. The van der Waals surface area contributed by atoms with Crippen LogP contribution in [0.1, 0.15) is 33.4 Å². The van der Waals surface area contributed by atoms with Gasteiger partial charge >= 0.3 is 0 Å². The molecule has 0 saturated heterocycles. The fraction of sp³-hybridized carbons (Fsp3) is 0.667. The highest BCUT2D eigenvalue weighted by atomic mass is 16.2. The molecule has 17 heavy (non-hydrogen) atoms. The SMILES string of the molecule is CC(C)NC(=O)[C@H](Cc1c[nH]cn1)NC(C)C. The van der Waals surface area contributed by atoms with Crippen LogP contribution < -0.4 is 10.6 Å². The third-order valence-electron chi connectivity index (χ3n) is 2.25. The molecule has 1 amide bonds. The van der Waals surface area contributed by atoms with Crippen LogP contribution >= 0.6 is 0 Å². The van der Waals surface area contributed by atoms with Gasteiger partial charge in [-0.2, -0.15) is 0 Å². The minimum absolute atomic E-state index is 0.0247. The maximum absolute atomic E-state index is 12.0. The van der Waals surface area contributed by atoms with Crippen molar-refractivity contribution in [3.05, 3.63) is 18.2 Å². The van der Waals surface area contributed by atoms with Crippen molar-refractivity contribution in [2.75, 3.05) is 0 Å². The summed E-state index contributed by atoms with van der Waals surface area (Å²) < 4.78 is 0. The molecule has 3 N–H and O–H groups in total. The first-order valence-electron chi connectivity index (χ1n) is 6.03. The average molecular weight is 238 g/mol. The first-order chi connectivity index (χ1) is 7.99. The summed E-state index contributed by atoms with van der Waals surface area (Å²) in [5, 5.41) is 6.18. The molecule has 0 unspecified atom stereocenters. The van der Waals surface area contributed by atoms with Gasteiger partial charge in [0.25, 0.3) is 0 Å². The molecule has 0 aliphatic heterocycles. The van der Waals surface area contributed by atoms with Gasteiger partial charge in [0.1, 0.15) is 0 Å². The molecule has 0 aromatic carbocycles. The number of nitrogens with one attached hydrogen (secondary N) is 3. The highest BCUT2D eigenvalue weighted by Crippen LogP contribution is 2.00. The molecule has 5 nitrogen and oxygen atoms in total. The lowest BCUT2D eigenvalue weighted by atomic mass is 10.1. The highest BCUT2D eigenvalue weighted by molar-refractivity contribution is 5.82. The molecule has 0 radical (unpaired) electrons. The summed E-state index contributed by atoms with van der Waals surface area (Å²) in [6.45, 7) is 7.97. The number of aromatic amines is 1. The van der Waals surface area contributed by atoms with E-state index in [4.69, 9.17) is 0 Å². The van der Waals surface area contributed by atoms with Crippen molar-refractivity contribution in [3.8, 4) is 0 Å². The number of H-pyrrole nitrogens is 1. The first kappa shape index (κ1) is 13.7. The van der Waals surface area contributed by atoms with Gasteiger partial charge < -0.3 is 15.6 Å². The molecule has 0 aliphatic carbocycles. The number of rotatable bonds is 6. The van der Waals surface area contributed by atoms with E-state index in [0.29, 0.717) is 6.42 Å². The molecule has 0 spiro atoms. The lowest BCUT2D eigenvalue weighted by molar-refractivity contribution is -0.123. The molecule has 0 bridgehead atoms. The highest BCUT2D eigenvalue weighted by Gasteiger charge is 2.20. The van der Waals surface area contributed by atoms with Crippen LogP contribution in [0.5, 0.6) is 0 Å². The predicted molar refractivity (Wildman–Crippen MR) is 67.6 cm³/mol. The van der Waals surface area contributed by atoms with Gasteiger partial charge in [0, 0.05) is 24.7 Å². The Morgan fingerprint density at radius 1 is 1.35 bits per heavy atom. The van der Waals surface area contributed by atoms with E-state index in [1.165, 1.54) is 0 Å². The zero-order valence-electron chi connectivity index (χ0n) is 10.9. The molecular formula is C12H22N4O. The van der Waals surface area contributed by atoms with Crippen LogP contribution in [-0.4, -0.2) is 34.0 Å². The van der Waals surface area contributed by atoms with Gasteiger partial charge in [-0.05, 0) is 13.8 Å². The molecule has 0 fully saturated rings. The number of imidazole rings is 1. The molecule has 1 aromatic rings. The van der Waals surface area contributed by atoms with Gasteiger partial charge in [-0.15, -0.1) is 0 Å². The number of carbonyl (C=O) groups excluding carboxylic acids is 1. The van der Waals surface area contributed by atoms with Crippen molar-refractivity contribution in [3.63, 3.8) is 0 Å². The summed E-state index contributed by atoms with van der Waals surface area (Å²) in [4.78, 5) is 19.1. The Labute approximate surface area is 102 Å². The van der Waals surface area contributed by atoms with E-state index in [9.17, 15) is 4.79 Å². The van der Waals surface area contributed by atoms with Crippen molar-refractivity contribution in [1.82, 2.24) is 20.6 Å². The van der Waals surface area contributed by atoms with Crippen LogP contribution in [-0.2, 0) is 11.2 Å². The zero-order chi connectivity index (χ0) is 12.8. The van der Waals surface area contributed by atoms with E-state index >= 15 is 0 Å². The molecule has 0 saturated carbocycles. The van der Waals surface area contributed by atoms with Crippen LogP contribution in [0.15, 0.2) is 12.5 Å². The van der Waals surface area contributed by atoms with Crippen molar-refractivity contribution >= 4 is 5.91 Å². The standard InChI is InChI=1S/C12H22N4O/c1-8(2)15-11(12(17)16-9(3)4)5-10-6-13-7-14-10/h6-9,11,15H,5H2,1-4H3,(H,13,14)(H,16,17)/t11-/m0/s1. The van der Waals surface area contributed by atoms with E-state index < -0.39 is 0 Å². The summed E-state index contributed by atoms with van der Waals surface area (Å²) in [6.07, 6.45) is 4.04. The van der Waals surface area contributed by atoms with E-state index in [1.807, 2.05) is 33.9 Å². The third kappa shape index (κ3) is 4.99. The average Bonchev–Trinajstić information content (AvgIpc) is 2.67. The van der Waals surface area contributed by atoms with Crippen LogP contribution in [0.4, 0.5) is 0 Å². The van der Waals surface area contributed by atoms with Crippen LogP contribution in [0.3, 0.4) is 0 Å². The van der Waals surface area contributed by atoms with Crippen molar-refractivity contribution < 1.29 is 4.79 Å². The van der Waals surface area contributed by atoms with Crippen LogP contribution in [0.2, 0.25) is 0 Å². The number of hydrogen-bond donors (Lipinski definition) is 3. The fourth-order valence-electron chi connectivity index (χ4n) is 1.63. The maximum atomic E-state index is 12.0. The summed E-state index contributed by atoms with van der Waals surface area (Å²) in [7, 11) is 0. The van der Waals surface area contributed by atoms with Gasteiger partial charge in [0.15, 0.2) is 0 Å². The quantitative estimate of drug-likeness (QED) is 0.688. The Bertz CT molecular complexity index is 332. The van der Waals surface area contributed by atoms with Crippen molar-refractivity contribution in [1.29, 1.82) is 0 Å². The molecule has 1 heterocycles. The Balaban J connectivity index is 2.63. The molecule has 96 valence electrons. The summed E-state index contributed by atoms with van der Waals surface area (Å²) >= 11 is 0.